The highest BCUT2D eigenvalue weighted by Gasteiger charge is 2.13. The van der Waals surface area contributed by atoms with E-state index in [0.29, 0.717) is 17.1 Å². The fourth-order valence-corrected chi connectivity index (χ4v) is 2.12. The molecule has 0 amide bonds. The second-order valence-electron chi connectivity index (χ2n) is 5.02. The van der Waals surface area contributed by atoms with Crippen LogP contribution in [0.5, 0.6) is 5.75 Å². The predicted octanol–water partition coefficient (Wildman–Crippen LogP) is 3.96. The minimum absolute atomic E-state index is 0.225. The molecule has 0 spiro atoms. The molecule has 2 N–H and O–H groups in total. The van der Waals surface area contributed by atoms with Crippen LogP contribution in [0.25, 0.3) is 11.0 Å². The highest BCUT2D eigenvalue weighted by Crippen LogP contribution is 2.23. The Labute approximate surface area is 122 Å². The van der Waals surface area contributed by atoms with Gasteiger partial charge in [-0.15, -0.1) is 0 Å². The summed E-state index contributed by atoms with van der Waals surface area (Å²) in [7, 11) is 0. The van der Waals surface area contributed by atoms with Crippen LogP contribution in [0.15, 0.2) is 52.9 Å². The number of benzene rings is 2. The molecule has 3 rings (SSSR count). The first-order chi connectivity index (χ1) is 10.1. The van der Waals surface area contributed by atoms with Gasteiger partial charge in [-0.25, -0.2) is 4.39 Å². The molecule has 0 fully saturated rings. The minimum atomic E-state index is -0.401. The van der Waals surface area contributed by atoms with Crippen LogP contribution >= 0.6 is 0 Å². The van der Waals surface area contributed by atoms with Crippen LogP contribution < -0.4 is 10.5 Å². The van der Waals surface area contributed by atoms with Crippen molar-refractivity contribution in [2.45, 2.75) is 13.0 Å². The molecule has 0 aliphatic rings. The van der Waals surface area contributed by atoms with Crippen molar-refractivity contribution in [1.82, 2.24) is 0 Å². The minimum Gasteiger partial charge on any atom is -0.491 e. The lowest BCUT2D eigenvalue weighted by Gasteiger charge is -2.11. The summed E-state index contributed by atoms with van der Waals surface area (Å²) in [6, 6.07) is 14.0. The lowest BCUT2D eigenvalue weighted by atomic mass is 10.2. The number of halogens is 1. The monoisotopic (exact) mass is 285 g/mol. The zero-order valence-electron chi connectivity index (χ0n) is 11.7. The van der Waals surface area contributed by atoms with Gasteiger partial charge in [-0.1, -0.05) is 24.3 Å². The molecule has 1 heterocycles. The summed E-state index contributed by atoms with van der Waals surface area (Å²) in [5.41, 5.74) is 7.44. The zero-order chi connectivity index (χ0) is 14.8. The van der Waals surface area contributed by atoms with E-state index in [1.54, 1.807) is 19.1 Å². The van der Waals surface area contributed by atoms with Gasteiger partial charge >= 0.3 is 0 Å². The van der Waals surface area contributed by atoms with E-state index < -0.39 is 6.04 Å². The maximum Gasteiger partial charge on any atom is 0.134 e. The number of hydrogen-bond donors (Lipinski definition) is 1. The quantitative estimate of drug-likeness (QED) is 0.789. The van der Waals surface area contributed by atoms with Crippen LogP contribution in [0.3, 0.4) is 0 Å². The van der Waals surface area contributed by atoms with Crippen molar-refractivity contribution >= 4 is 11.0 Å². The molecule has 0 aliphatic carbocycles. The van der Waals surface area contributed by atoms with E-state index in [1.807, 2.05) is 30.3 Å². The van der Waals surface area contributed by atoms with Gasteiger partial charge in [0.2, 0.25) is 0 Å². The Morgan fingerprint density at radius 3 is 2.76 bits per heavy atom. The molecule has 1 atom stereocenters. The number of para-hydroxylation sites is 1. The van der Waals surface area contributed by atoms with Gasteiger partial charge in [-0.3, -0.25) is 0 Å². The van der Waals surface area contributed by atoms with E-state index in [1.165, 1.54) is 6.07 Å². The molecule has 2 aromatic carbocycles. The van der Waals surface area contributed by atoms with Gasteiger partial charge in [0.05, 0.1) is 6.04 Å². The molecule has 0 saturated carbocycles. The lowest BCUT2D eigenvalue weighted by Crippen LogP contribution is -2.18. The largest absolute Gasteiger partial charge is 0.491 e. The highest BCUT2D eigenvalue weighted by atomic mass is 19.1. The summed E-state index contributed by atoms with van der Waals surface area (Å²) in [6.07, 6.45) is 0. The topological polar surface area (TPSA) is 48.4 Å². The van der Waals surface area contributed by atoms with E-state index in [2.05, 4.69) is 0 Å². The fourth-order valence-electron chi connectivity index (χ4n) is 2.12. The first kappa shape index (κ1) is 13.6. The van der Waals surface area contributed by atoms with Crippen molar-refractivity contribution in [1.29, 1.82) is 0 Å². The third-order valence-electron chi connectivity index (χ3n) is 3.38. The normalized spacial score (nSPS) is 12.5. The van der Waals surface area contributed by atoms with Crippen molar-refractivity contribution in [3.63, 3.8) is 0 Å². The average molecular weight is 285 g/mol. The van der Waals surface area contributed by atoms with Gasteiger partial charge in [-0.2, -0.15) is 0 Å². The number of furan rings is 1. The summed E-state index contributed by atoms with van der Waals surface area (Å²) in [6.45, 7) is 1.93. The third kappa shape index (κ3) is 2.90. The fraction of sp³-hybridized carbons (Fsp3) is 0.176. The number of aryl methyl sites for hydroxylation is 1. The average Bonchev–Trinajstić information content (AvgIpc) is 2.92. The van der Waals surface area contributed by atoms with Crippen molar-refractivity contribution in [2.24, 2.45) is 5.73 Å². The van der Waals surface area contributed by atoms with Crippen LogP contribution in [0.2, 0.25) is 0 Å². The molecule has 0 aliphatic heterocycles. The number of fused-ring (bicyclic) bond motifs is 1. The van der Waals surface area contributed by atoms with Crippen LogP contribution in [0.4, 0.5) is 4.39 Å². The number of ether oxygens (including phenoxy) is 1. The first-order valence-electron chi connectivity index (χ1n) is 6.76. The Kier molecular flexibility index (Phi) is 3.62. The van der Waals surface area contributed by atoms with Gasteiger partial charge in [0.15, 0.2) is 0 Å². The Morgan fingerprint density at radius 2 is 2.00 bits per heavy atom. The molecule has 0 radical (unpaired) electrons. The number of nitrogens with two attached hydrogens (primary N) is 1. The van der Waals surface area contributed by atoms with Crippen molar-refractivity contribution in [3.05, 3.63) is 65.7 Å². The first-order valence-corrected chi connectivity index (χ1v) is 6.76. The Balaban J connectivity index is 1.70. The predicted molar refractivity (Wildman–Crippen MR) is 79.8 cm³/mol. The molecule has 0 bridgehead atoms. The van der Waals surface area contributed by atoms with Crippen LogP contribution in [0, 0.1) is 12.7 Å². The standard InChI is InChI=1S/C17H16FNO2/c1-11-6-7-13(9-14(11)18)20-10-15(19)17-8-12-4-2-3-5-16(12)21-17/h2-9,15H,10,19H2,1H3. The van der Waals surface area contributed by atoms with Crippen LogP contribution in [-0.4, -0.2) is 6.61 Å². The molecule has 0 saturated heterocycles. The van der Waals surface area contributed by atoms with E-state index in [-0.39, 0.29) is 12.4 Å². The maximum absolute atomic E-state index is 13.4. The van der Waals surface area contributed by atoms with Crippen molar-refractivity contribution in [2.75, 3.05) is 6.61 Å². The van der Waals surface area contributed by atoms with Gasteiger partial charge in [0, 0.05) is 11.5 Å². The highest BCUT2D eigenvalue weighted by molar-refractivity contribution is 5.77. The molecule has 21 heavy (non-hydrogen) atoms. The summed E-state index contributed by atoms with van der Waals surface area (Å²) in [4.78, 5) is 0. The molecule has 1 unspecified atom stereocenters. The maximum atomic E-state index is 13.4. The molecule has 1 aromatic heterocycles. The van der Waals surface area contributed by atoms with Gasteiger partial charge in [-0.05, 0) is 30.7 Å². The van der Waals surface area contributed by atoms with Gasteiger partial charge in [0.1, 0.15) is 29.5 Å². The second-order valence-corrected chi connectivity index (χ2v) is 5.02. The SMILES string of the molecule is Cc1ccc(OCC(N)c2cc3ccccc3o2)cc1F. The smallest absolute Gasteiger partial charge is 0.134 e. The summed E-state index contributed by atoms with van der Waals surface area (Å²) < 4.78 is 24.6. The molecular weight excluding hydrogens is 269 g/mol. The van der Waals surface area contributed by atoms with Crippen LogP contribution in [0.1, 0.15) is 17.4 Å². The molecular formula is C17H16FNO2. The Morgan fingerprint density at radius 1 is 1.19 bits per heavy atom. The molecule has 108 valence electrons. The molecule has 3 aromatic rings. The number of hydrogen-bond acceptors (Lipinski definition) is 3. The number of rotatable bonds is 4. The zero-order valence-corrected chi connectivity index (χ0v) is 11.7. The molecule has 3 nitrogen and oxygen atoms in total. The summed E-state index contributed by atoms with van der Waals surface area (Å²) in [5, 5.41) is 1.00. The van der Waals surface area contributed by atoms with Gasteiger partial charge < -0.3 is 14.9 Å². The van der Waals surface area contributed by atoms with Crippen molar-refractivity contribution in [3.8, 4) is 5.75 Å². The lowest BCUT2D eigenvalue weighted by molar-refractivity contribution is 0.274. The summed E-state index contributed by atoms with van der Waals surface area (Å²) in [5.74, 6) is 0.832. The Bertz CT molecular complexity index is 733. The second kappa shape index (κ2) is 5.58. The van der Waals surface area contributed by atoms with Gasteiger partial charge in [0.25, 0.3) is 0 Å². The van der Waals surface area contributed by atoms with E-state index in [9.17, 15) is 4.39 Å². The van der Waals surface area contributed by atoms with Crippen LogP contribution in [-0.2, 0) is 0 Å². The van der Waals surface area contributed by atoms with E-state index in [0.717, 1.165) is 11.0 Å². The van der Waals surface area contributed by atoms with E-state index >= 15 is 0 Å². The van der Waals surface area contributed by atoms with Crippen molar-refractivity contribution < 1.29 is 13.5 Å². The van der Waals surface area contributed by atoms with E-state index in [4.69, 9.17) is 14.9 Å². The Hall–Kier alpha value is -2.33. The third-order valence-corrected chi connectivity index (χ3v) is 3.38. The molecule has 4 heteroatoms. The summed E-state index contributed by atoms with van der Waals surface area (Å²) >= 11 is 0.